The molecule has 21 heavy (non-hydrogen) atoms. The molecule has 1 aromatic carbocycles. The smallest absolute Gasteiger partial charge is 0.115 e. The highest BCUT2D eigenvalue weighted by Crippen LogP contribution is 2.36. The summed E-state index contributed by atoms with van der Waals surface area (Å²) in [6.45, 7) is 11.5. The van der Waals surface area contributed by atoms with Gasteiger partial charge >= 0.3 is 0 Å². The lowest BCUT2D eigenvalue weighted by molar-refractivity contribution is 0.0376. The summed E-state index contributed by atoms with van der Waals surface area (Å²) in [5, 5.41) is 9.83. The summed E-state index contributed by atoms with van der Waals surface area (Å²) >= 11 is 0. The Labute approximate surface area is 128 Å². The topological polar surface area (TPSA) is 26.7 Å². The monoisotopic (exact) mass is 288 g/mol. The summed E-state index contributed by atoms with van der Waals surface area (Å²) in [7, 11) is 0. The van der Waals surface area contributed by atoms with Gasteiger partial charge in [-0.1, -0.05) is 6.07 Å². The molecule has 0 spiro atoms. The molecule has 0 radical (unpaired) electrons. The van der Waals surface area contributed by atoms with Crippen molar-refractivity contribution in [1.29, 1.82) is 0 Å². The molecule has 116 valence electrons. The lowest BCUT2D eigenvalue weighted by Crippen LogP contribution is -2.54. The second-order valence-electron chi connectivity index (χ2n) is 7.48. The Bertz CT molecular complexity index is 498. The summed E-state index contributed by atoms with van der Waals surface area (Å²) < 4.78 is 0. The number of phenolic OH excluding ortho intramolecular Hbond substituents is 1. The molecule has 1 aliphatic carbocycles. The van der Waals surface area contributed by atoms with Gasteiger partial charge in [-0.15, -0.1) is 0 Å². The van der Waals surface area contributed by atoms with E-state index in [4.69, 9.17) is 0 Å². The first-order chi connectivity index (χ1) is 9.95. The molecule has 2 aliphatic rings. The Morgan fingerprint density at radius 2 is 1.81 bits per heavy atom. The van der Waals surface area contributed by atoms with Crippen LogP contribution in [0.1, 0.15) is 50.8 Å². The van der Waals surface area contributed by atoms with Crippen LogP contribution in [0.4, 0.5) is 0 Å². The van der Waals surface area contributed by atoms with Crippen LogP contribution in [0.3, 0.4) is 0 Å². The summed E-state index contributed by atoms with van der Waals surface area (Å²) in [6.07, 6.45) is 3.65. The highest BCUT2D eigenvalue weighted by molar-refractivity contribution is 5.38. The van der Waals surface area contributed by atoms with E-state index in [0.717, 1.165) is 32.6 Å². The number of benzene rings is 1. The maximum absolute atomic E-state index is 9.83. The molecule has 0 bridgehead atoms. The van der Waals surface area contributed by atoms with Crippen molar-refractivity contribution in [1.82, 2.24) is 9.80 Å². The molecular weight excluding hydrogens is 260 g/mol. The van der Waals surface area contributed by atoms with Crippen LogP contribution in [0.5, 0.6) is 5.75 Å². The second kappa shape index (κ2) is 5.62. The van der Waals surface area contributed by atoms with E-state index in [-0.39, 0.29) is 5.54 Å². The van der Waals surface area contributed by atoms with E-state index >= 15 is 0 Å². The van der Waals surface area contributed by atoms with Crippen LogP contribution in [0.25, 0.3) is 0 Å². The molecular formula is C18H28N2O. The molecule has 1 unspecified atom stereocenters. The molecule has 1 fully saturated rings. The van der Waals surface area contributed by atoms with Crippen molar-refractivity contribution in [3.05, 3.63) is 29.3 Å². The van der Waals surface area contributed by atoms with Crippen LogP contribution in [0.15, 0.2) is 18.2 Å². The van der Waals surface area contributed by atoms with Gasteiger partial charge < -0.3 is 5.11 Å². The number of phenols is 1. The Morgan fingerprint density at radius 1 is 1.10 bits per heavy atom. The quantitative estimate of drug-likeness (QED) is 0.860. The number of rotatable bonds is 1. The van der Waals surface area contributed by atoms with Crippen molar-refractivity contribution < 1.29 is 5.11 Å². The number of aryl methyl sites for hydroxylation is 1. The standard InChI is InChI=1S/C18H28N2O/c1-18(2,3)20-11-9-19(10-12-20)17-6-4-5-14-7-8-15(21)13-16(14)17/h7-8,13,17,21H,4-6,9-12H2,1-3H3. The molecule has 3 nitrogen and oxygen atoms in total. The highest BCUT2D eigenvalue weighted by atomic mass is 16.3. The fourth-order valence-electron chi connectivity index (χ4n) is 3.85. The van der Waals surface area contributed by atoms with Gasteiger partial charge in [-0.25, -0.2) is 0 Å². The number of fused-ring (bicyclic) bond motifs is 1. The molecule has 0 amide bonds. The van der Waals surface area contributed by atoms with Crippen molar-refractivity contribution in [2.45, 2.75) is 51.6 Å². The third-order valence-electron chi connectivity index (χ3n) is 5.12. The molecule has 1 heterocycles. The van der Waals surface area contributed by atoms with Crippen molar-refractivity contribution in [2.24, 2.45) is 0 Å². The lowest BCUT2D eigenvalue weighted by Gasteiger charge is -2.45. The summed E-state index contributed by atoms with van der Waals surface area (Å²) in [4.78, 5) is 5.20. The van der Waals surface area contributed by atoms with E-state index in [1.54, 1.807) is 0 Å². The zero-order chi connectivity index (χ0) is 15.0. The van der Waals surface area contributed by atoms with Gasteiger partial charge in [-0.05, 0) is 63.3 Å². The van der Waals surface area contributed by atoms with Crippen LogP contribution in [0.2, 0.25) is 0 Å². The van der Waals surface area contributed by atoms with Crippen LogP contribution < -0.4 is 0 Å². The maximum atomic E-state index is 9.83. The zero-order valence-electron chi connectivity index (χ0n) is 13.6. The molecule has 0 aromatic heterocycles. The summed E-state index contributed by atoms with van der Waals surface area (Å²) in [5.74, 6) is 0.411. The van der Waals surface area contributed by atoms with Crippen molar-refractivity contribution in [3.63, 3.8) is 0 Å². The van der Waals surface area contributed by atoms with Gasteiger partial charge in [0.05, 0.1) is 0 Å². The van der Waals surface area contributed by atoms with Gasteiger partial charge in [0.1, 0.15) is 5.75 Å². The first-order valence-electron chi connectivity index (χ1n) is 8.26. The Hall–Kier alpha value is -1.06. The van der Waals surface area contributed by atoms with E-state index in [0.29, 0.717) is 11.8 Å². The number of piperazine rings is 1. The predicted molar refractivity (Wildman–Crippen MR) is 86.7 cm³/mol. The second-order valence-corrected chi connectivity index (χ2v) is 7.48. The predicted octanol–water partition coefficient (Wildman–Crippen LogP) is 3.19. The number of aromatic hydroxyl groups is 1. The van der Waals surface area contributed by atoms with Gasteiger partial charge in [0.25, 0.3) is 0 Å². The molecule has 3 heteroatoms. The molecule has 3 rings (SSSR count). The summed E-state index contributed by atoms with van der Waals surface area (Å²) in [5.41, 5.74) is 3.07. The normalized spacial score (nSPS) is 24.8. The number of nitrogens with zero attached hydrogens (tertiary/aromatic N) is 2. The van der Waals surface area contributed by atoms with Crippen molar-refractivity contribution >= 4 is 0 Å². The van der Waals surface area contributed by atoms with E-state index in [1.807, 2.05) is 12.1 Å². The number of hydrogen-bond acceptors (Lipinski definition) is 3. The van der Waals surface area contributed by atoms with Crippen LogP contribution in [-0.4, -0.2) is 46.6 Å². The van der Waals surface area contributed by atoms with E-state index in [2.05, 4.69) is 36.6 Å². The van der Waals surface area contributed by atoms with Gasteiger partial charge in [0, 0.05) is 37.8 Å². The zero-order valence-corrected chi connectivity index (χ0v) is 13.6. The lowest BCUT2D eigenvalue weighted by atomic mass is 9.86. The third kappa shape index (κ3) is 3.09. The first-order valence-corrected chi connectivity index (χ1v) is 8.26. The minimum Gasteiger partial charge on any atom is -0.508 e. The van der Waals surface area contributed by atoms with Crippen LogP contribution in [0, 0.1) is 0 Å². The van der Waals surface area contributed by atoms with Crippen LogP contribution >= 0.6 is 0 Å². The summed E-state index contributed by atoms with van der Waals surface area (Å²) in [6, 6.07) is 6.44. The Morgan fingerprint density at radius 3 is 2.48 bits per heavy atom. The minimum atomic E-state index is 0.273. The van der Waals surface area contributed by atoms with Crippen molar-refractivity contribution in [2.75, 3.05) is 26.2 Å². The van der Waals surface area contributed by atoms with Gasteiger partial charge in [-0.3, -0.25) is 9.80 Å². The molecule has 1 saturated heterocycles. The fourth-order valence-corrected chi connectivity index (χ4v) is 3.85. The largest absolute Gasteiger partial charge is 0.508 e. The van der Waals surface area contributed by atoms with Crippen molar-refractivity contribution in [3.8, 4) is 5.75 Å². The molecule has 1 aromatic rings. The number of hydrogen-bond donors (Lipinski definition) is 1. The van der Waals surface area contributed by atoms with Crippen LogP contribution in [-0.2, 0) is 6.42 Å². The molecule has 1 aliphatic heterocycles. The maximum Gasteiger partial charge on any atom is 0.115 e. The van der Waals surface area contributed by atoms with Gasteiger partial charge in [0.15, 0.2) is 0 Å². The first kappa shape index (κ1) is 14.9. The third-order valence-corrected chi connectivity index (χ3v) is 5.12. The Balaban J connectivity index is 1.74. The average Bonchev–Trinajstić information content (AvgIpc) is 2.46. The fraction of sp³-hybridized carbons (Fsp3) is 0.667. The van der Waals surface area contributed by atoms with E-state index in [1.165, 1.54) is 24.0 Å². The molecule has 1 atom stereocenters. The van der Waals surface area contributed by atoms with Gasteiger partial charge in [-0.2, -0.15) is 0 Å². The molecule has 0 saturated carbocycles. The van der Waals surface area contributed by atoms with E-state index < -0.39 is 0 Å². The highest BCUT2D eigenvalue weighted by Gasteiger charge is 2.31. The molecule has 1 N–H and O–H groups in total. The Kier molecular flexibility index (Phi) is 3.98. The minimum absolute atomic E-state index is 0.273. The van der Waals surface area contributed by atoms with E-state index in [9.17, 15) is 5.11 Å². The SMILES string of the molecule is CC(C)(C)N1CCN(C2CCCc3ccc(O)cc32)CC1. The van der Waals surface area contributed by atoms with Gasteiger partial charge in [0.2, 0.25) is 0 Å². The average molecular weight is 288 g/mol.